The minimum absolute atomic E-state index is 0.0156. The van der Waals surface area contributed by atoms with Gasteiger partial charge in [-0.25, -0.2) is 0 Å². The van der Waals surface area contributed by atoms with E-state index >= 15 is 0 Å². The van der Waals surface area contributed by atoms with Crippen LogP contribution in [-0.4, -0.2) is 21.6 Å². The highest BCUT2D eigenvalue weighted by atomic mass is 16.6. The van der Waals surface area contributed by atoms with Crippen molar-refractivity contribution in [3.8, 4) is 0 Å². The van der Waals surface area contributed by atoms with Crippen molar-refractivity contribution >= 4 is 17.2 Å². The van der Waals surface area contributed by atoms with Gasteiger partial charge in [-0.3, -0.25) is 14.9 Å². The third kappa shape index (κ3) is 1.36. The van der Waals surface area contributed by atoms with Crippen LogP contribution in [0.5, 0.6) is 0 Å². The molecule has 1 aliphatic rings. The standard InChI is InChI=1S/C10H6N2O4/c13-9-5-4-7(11-14)10-6(9)2-1-3-8(10)12(15)16/h1-5,14H. The molecule has 16 heavy (non-hydrogen) atoms. The Morgan fingerprint density at radius 3 is 2.69 bits per heavy atom. The Morgan fingerprint density at radius 1 is 1.31 bits per heavy atom. The molecule has 0 saturated heterocycles. The first-order valence-electron chi connectivity index (χ1n) is 4.37. The van der Waals surface area contributed by atoms with Crippen LogP contribution >= 0.6 is 0 Å². The lowest BCUT2D eigenvalue weighted by molar-refractivity contribution is -0.385. The fraction of sp³-hybridized carbons (Fsp3) is 0. The van der Waals surface area contributed by atoms with Crippen LogP contribution in [0.1, 0.15) is 15.9 Å². The monoisotopic (exact) mass is 218 g/mol. The number of rotatable bonds is 1. The predicted molar refractivity (Wildman–Crippen MR) is 54.9 cm³/mol. The smallest absolute Gasteiger partial charge is 0.279 e. The molecule has 1 N–H and O–H groups in total. The van der Waals surface area contributed by atoms with Gasteiger partial charge in [0, 0.05) is 11.6 Å². The van der Waals surface area contributed by atoms with Gasteiger partial charge in [0.05, 0.1) is 10.5 Å². The maximum Gasteiger partial charge on any atom is 0.279 e. The Balaban J connectivity index is 2.78. The quantitative estimate of drug-likeness (QED) is 0.439. The van der Waals surface area contributed by atoms with E-state index in [0.29, 0.717) is 0 Å². The number of nitrogens with zero attached hydrogens (tertiary/aromatic N) is 2. The van der Waals surface area contributed by atoms with Gasteiger partial charge in [0.15, 0.2) is 5.78 Å². The van der Waals surface area contributed by atoms with Crippen LogP contribution in [0.25, 0.3) is 0 Å². The SMILES string of the molecule is O=C1C=CC(=NO)c2c1cccc2[N+](=O)[O-]. The minimum atomic E-state index is -0.615. The fourth-order valence-corrected chi connectivity index (χ4v) is 1.58. The fourth-order valence-electron chi connectivity index (χ4n) is 1.58. The van der Waals surface area contributed by atoms with Gasteiger partial charge in [-0.05, 0) is 18.2 Å². The molecule has 6 nitrogen and oxygen atoms in total. The van der Waals surface area contributed by atoms with Crippen molar-refractivity contribution in [2.24, 2.45) is 5.16 Å². The molecule has 2 rings (SSSR count). The number of hydrogen-bond acceptors (Lipinski definition) is 5. The average Bonchev–Trinajstić information content (AvgIpc) is 2.29. The summed E-state index contributed by atoms with van der Waals surface area (Å²) in [5.41, 5.74) is -0.00287. The molecule has 0 fully saturated rings. The summed E-state index contributed by atoms with van der Waals surface area (Å²) in [4.78, 5) is 21.6. The molecule has 6 heteroatoms. The highest BCUT2D eigenvalue weighted by molar-refractivity contribution is 6.25. The third-order valence-corrected chi connectivity index (χ3v) is 2.26. The van der Waals surface area contributed by atoms with E-state index in [9.17, 15) is 14.9 Å². The minimum Gasteiger partial charge on any atom is -0.410 e. The van der Waals surface area contributed by atoms with Gasteiger partial charge in [-0.15, -0.1) is 0 Å². The lowest BCUT2D eigenvalue weighted by Crippen LogP contribution is -2.14. The third-order valence-electron chi connectivity index (χ3n) is 2.26. The molecule has 1 aromatic carbocycles. The van der Waals surface area contributed by atoms with Gasteiger partial charge < -0.3 is 5.21 Å². The molecule has 0 radical (unpaired) electrons. The molecule has 0 spiro atoms. The van der Waals surface area contributed by atoms with Crippen molar-refractivity contribution in [2.45, 2.75) is 0 Å². The molecule has 0 aliphatic heterocycles. The molecule has 1 aliphatic carbocycles. The second kappa shape index (κ2) is 3.58. The van der Waals surface area contributed by atoms with Crippen LogP contribution in [0.3, 0.4) is 0 Å². The number of nitro benzene ring substituents is 1. The highest BCUT2D eigenvalue weighted by Gasteiger charge is 2.26. The van der Waals surface area contributed by atoms with E-state index in [1.165, 1.54) is 30.4 Å². The Bertz CT molecular complexity index is 546. The zero-order valence-electron chi connectivity index (χ0n) is 7.95. The summed E-state index contributed by atoms with van der Waals surface area (Å²) in [6.07, 6.45) is 2.46. The Hall–Kier alpha value is -2.50. The number of nitro groups is 1. The highest BCUT2D eigenvalue weighted by Crippen LogP contribution is 2.26. The summed E-state index contributed by atoms with van der Waals surface area (Å²) in [6, 6.07) is 4.14. The van der Waals surface area contributed by atoms with Crippen LogP contribution < -0.4 is 0 Å². The number of fused-ring (bicyclic) bond motifs is 1. The largest absolute Gasteiger partial charge is 0.410 e. The first kappa shape index (κ1) is 10.0. The van der Waals surface area contributed by atoms with Gasteiger partial charge in [0.2, 0.25) is 0 Å². The zero-order chi connectivity index (χ0) is 11.7. The molecule has 1 aromatic rings. The Kier molecular flexibility index (Phi) is 2.24. The molecule has 0 amide bonds. The van der Waals surface area contributed by atoms with Gasteiger partial charge in [-0.2, -0.15) is 0 Å². The summed E-state index contributed by atoms with van der Waals surface area (Å²) in [5, 5.41) is 22.4. The van der Waals surface area contributed by atoms with Crippen molar-refractivity contribution in [2.75, 3.05) is 0 Å². The van der Waals surface area contributed by atoms with Crippen LogP contribution in [0.15, 0.2) is 35.5 Å². The number of carbonyl (C=O) groups is 1. The summed E-state index contributed by atoms with van der Waals surface area (Å²) < 4.78 is 0. The molecule has 80 valence electrons. The number of allylic oxidation sites excluding steroid dienone is 2. The average molecular weight is 218 g/mol. The second-order valence-electron chi connectivity index (χ2n) is 3.14. The van der Waals surface area contributed by atoms with Crippen molar-refractivity contribution in [1.82, 2.24) is 0 Å². The molecular formula is C10H6N2O4. The maximum atomic E-state index is 11.5. The normalized spacial score (nSPS) is 16.2. The van der Waals surface area contributed by atoms with E-state index < -0.39 is 4.92 Å². The summed E-state index contributed by atoms with van der Waals surface area (Å²) in [6.45, 7) is 0. The number of benzene rings is 1. The summed E-state index contributed by atoms with van der Waals surface area (Å²) >= 11 is 0. The summed E-state index contributed by atoms with van der Waals surface area (Å²) in [7, 11) is 0. The molecule has 0 bridgehead atoms. The lowest BCUT2D eigenvalue weighted by atomic mass is 9.93. The van der Waals surface area contributed by atoms with E-state index in [2.05, 4.69) is 5.16 Å². The van der Waals surface area contributed by atoms with Crippen molar-refractivity contribution < 1.29 is 14.9 Å². The lowest BCUT2D eigenvalue weighted by Gasteiger charge is -2.10. The van der Waals surface area contributed by atoms with Crippen LogP contribution in [0, 0.1) is 10.1 Å². The summed E-state index contributed by atoms with van der Waals surface area (Å²) in [5.74, 6) is -0.342. The number of hydrogen-bond donors (Lipinski definition) is 1. The molecule has 0 unspecified atom stereocenters. The first-order valence-corrected chi connectivity index (χ1v) is 4.37. The topological polar surface area (TPSA) is 92.8 Å². The van der Waals surface area contributed by atoms with Crippen molar-refractivity contribution in [3.63, 3.8) is 0 Å². The van der Waals surface area contributed by atoms with E-state index in [4.69, 9.17) is 5.21 Å². The van der Waals surface area contributed by atoms with E-state index in [-0.39, 0.29) is 28.3 Å². The number of oxime groups is 1. The molecule has 0 saturated carbocycles. The van der Waals surface area contributed by atoms with Gasteiger partial charge in [0.1, 0.15) is 5.71 Å². The van der Waals surface area contributed by atoms with Gasteiger partial charge >= 0.3 is 0 Å². The predicted octanol–water partition coefficient (Wildman–Crippen LogP) is 1.53. The molecular weight excluding hydrogens is 212 g/mol. The van der Waals surface area contributed by atoms with Crippen LogP contribution in [-0.2, 0) is 0 Å². The van der Waals surface area contributed by atoms with E-state index in [0.717, 1.165) is 0 Å². The van der Waals surface area contributed by atoms with Gasteiger partial charge in [0.25, 0.3) is 5.69 Å². The second-order valence-corrected chi connectivity index (χ2v) is 3.14. The van der Waals surface area contributed by atoms with E-state index in [1.807, 2.05) is 0 Å². The van der Waals surface area contributed by atoms with E-state index in [1.54, 1.807) is 0 Å². The molecule has 0 heterocycles. The Morgan fingerprint density at radius 2 is 2.06 bits per heavy atom. The number of ketones is 1. The van der Waals surface area contributed by atoms with Crippen molar-refractivity contribution in [1.29, 1.82) is 0 Å². The zero-order valence-corrected chi connectivity index (χ0v) is 7.95. The van der Waals surface area contributed by atoms with Gasteiger partial charge in [-0.1, -0.05) is 11.2 Å². The number of carbonyl (C=O) groups excluding carboxylic acids is 1. The maximum absolute atomic E-state index is 11.5. The Labute approximate surface area is 89.7 Å². The van der Waals surface area contributed by atoms with Crippen LogP contribution in [0.4, 0.5) is 5.69 Å². The van der Waals surface area contributed by atoms with Crippen LogP contribution in [0.2, 0.25) is 0 Å². The first-order chi connectivity index (χ1) is 7.65. The molecule has 0 atom stereocenters. The molecule has 0 aromatic heterocycles. The van der Waals surface area contributed by atoms with Crippen molar-refractivity contribution in [3.05, 3.63) is 51.6 Å².